The molecule has 19 heavy (non-hydrogen) atoms. The van der Waals surface area contributed by atoms with Crippen molar-refractivity contribution in [2.75, 3.05) is 19.6 Å². The van der Waals surface area contributed by atoms with Gasteiger partial charge in [-0.05, 0) is 51.2 Å². The Labute approximate surface area is 119 Å². The number of carbonyl (C=O) groups excluding carboxylic acids is 1. The van der Waals surface area contributed by atoms with Gasteiger partial charge in [0.15, 0.2) is 0 Å². The van der Waals surface area contributed by atoms with E-state index in [1.807, 2.05) is 4.90 Å². The van der Waals surface area contributed by atoms with Crippen molar-refractivity contribution in [3.05, 3.63) is 21.4 Å². The van der Waals surface area contributed by atoms with Gasteiger partial charge in [0.2, 0.25) is 0 Å². The molecular weight excluding hydrogens is 256 g/mol. The van der Waals surface area contributed by atoms with Crippen LogP contribution in [-0.2, 0) is 12.8 Å². The SMILES string of the molecule is CC1(C)CNCCN1C(=O)c1cc2c(s1)CCCC2. The largest absolute Gasteiger partial charge is 0.330 e. The maximum atomic E-state index is 12.7. The molecule has 1 amide bonds. The molecule has 1 aliphatic carbocycles. The van der Waals surface area contributed by atoms with Gasteiger partial charge in [-0.2, -0.15) is 0 Å². The summed E-state index contributed by atoms with van der Waals surface area (Å²) < 4.78 is 0. The van der Waals surface area contributed by atoms with Crippen molar-refractivity contribution in [2.24, 2.45) is 0 Å². The van der Waals surface area contributed by atoms with Crippen LogP contribution in [0.1, 0.15) is 46.8 Å². The minimum absolute atomic E-state index is 0.0835. The van der Waals surface area contributed by atoms with Crippen molar-refractivity contribution in [3.63, 3.8) is 0 Å². The molecule has 1 aromatic rings. The molecule has 1 aromatic heterocycles. The zero-order chi connectivity index (χ0) is 13.5. The van der Waals surface area contributed by atoms with E-state index in [2.05, 4.69) is 25.2 Å². The van der Waals surface area contributed by atoms with E-state index in [1.165, 1.54) is 23.3 Å². The summed E-state index contributed by atoms with van der Waals surface area (Å²) in [6, 6.07) is 2.15. The fraction of sp³-hybridized carbons (Fsp3) is 0.667. The van der Waals surface area contributed by atoms with Crippen molar-refractivity contribution in [1.29, 1.82) is 0 Å². The van der Waals surface area contributed by atoms with E-state index in [0.29, 0.717) is 0 Å². The van der Waals surface area contributed by atoms with Gasteiger partial charge in [-0.15, -0.1) is 11.3 Å². The van der Waals surface area contributed by atoms with Gasteiger partial charge in [0.05, 0.1) is 10.4 Å². The van der Waals surface area contributed by atoms with Crippen molar-refractivity contribution in [1.82, 2.24) is 10.2 Å². The molecule has 1 fully saturated rings. The molecule has 2 aliphatic rings. The van der Waals surface area contributed by atoms with E-state index >= 15 is 0 Å². The lowest BCUT2D eigenvalue weighted by atomic mass is 9.98. The monoisotopic (exact) mass is 278 g/mol. The Hall–Kier alpha value is -0.870. The number of amides is 1. The predicted octanol–water partition coefficient (Wildman–Crippen LogP) is 2.45. The highest BCUT2D eigenvalue weighted by Crippen LogP contribution is 2.31. The lowest BCUT2D eigenvalue weighted by Gasteiger charge is -2.42. The van der Waals surface area contributed by atoms with E-state index < -0.39 is 0 Å². The second kappa shape index (κ2) is 4.91. The molecule has 1 aliphatic heterocycles. The summed E-state index contributed by atoms with van der Waals surface area (Å²) in [5.74, 6) is 0.228. The van der Waals surface area contributed by atoms with Gasteiger partial charge in [0, 0.05) is 24.5 Å². The molecule has 0 bridgehead atoms. The number of hydrogen-bond donors (Lipinski definition) is 1. The first-order valence-electron chi connectivity index (χ1n) is 7.22. The van der Waals surface area contributed by atoms with Crippen LogP contribution in [0.3, 0.4) is 0 Å². The molecule has 3 nitrogen and oxygen atoms in total. The maximum Gasteiger partial charge on any atom is 0.264 e. The third-order valence-corrected chi connectivity index (χ3v) is 5.48. The number of carbonyl (C=O) groups is 1. The van der Waals surface area contributed by atoms with Crippen LogP contribution in [0.2, 0.25) is 0 Å². The molecule has 0 aromatic carbocycles. The highest BCUT2D eigenvalue weighted by Gasteiger charge is 2.34. The summed E-state index contributed by atoms with van der Waals surface area (Å²) in [4.78, 5) is 17.2. The van der Waals surface area contributed by atoms with E-state index in [1.54, 1.807) is 11.3 Å². The molecule has 0 radical (unpaired) electrons. The van der Waals surface area contributed by atoms with Crippen molar-refractivity contribution in [2.45, 2.75) is 45.1 Å². The first-order chi connectivity index (χ1) is 9.08. The Morgan fingerprint density at radius 3 is 2.89 bits per heavy atom. The number of aryl methyl sites for hydroxylation is 2. The Balaban J connectivity index is 1.85. The van der Waals surface area contributed by atoms with Crippen molar-refractivity contribution in [3.8, 4) is 0 Å². The average molecular weight is 278 g/mol. The molecular formula is C15H22N2OS. The smallest absolute Gasteiger partial charge is 0.264 e. The van der Waals surface area contributed by atoms with Crippen LogP contribution in [0.15, 0.2) is 6.07 Å². The number of fused-ring (bicyclic) bond motifs is 1. The molecule has 0 atom stereocenters. The van der Waals surface area contributed by atoms with Crippen LogP contribution in [-0.4, -0.2) is 36.0 Å². The van der Waals surface area contributed by atoms with E-state index in [9.17, 15) is 4.79 Å². The molecule has 0 spiro atoms. The maximum absolute atomic E-state index is 12.7. The van der Waals surface area contributed by atoms with Crippen LogP contribution in [0.4, 0.5) is 0 Å². The number of nitrogens with zero attached hydrogens (tertiary/aromatic N) is 1. The molecule has 104 valence electrons. The first-order valence-corrected chi connectivity index (χ1v) is 8.04. The standard InChI is InChI=1S/C15H22N2OS/c1-15(2)10-16-7-8-17(15)14(18)13-9-11-5-3-4-6-12(11)19-13/h9,16H,3-8,10H2,1-2H3. The van der Waals surface area contributed by atoms with E-state index in [4.69, 9.17) is 0 Å². The number of hydrogen-bond acceptors (Lipinski definition) is 3. The van der Waals surface area contributed by atoms with Gasteiger partial charge in [-0.25, -0.2) is 0 Å². The first kappa shape index (κ1) is 13.1. The molecule has 3 rings (SSSR count). The van der Waals surface area contributed by atoms with Crippen molar-refractivity contribution >= 4 is 17.2 Å². The van der Waals surface area contributed by atoms with Gasteiger partial charge in [0.1, 0.15) is 0 Å². The summed E-state index contributed by atoms with van der Waals surface area (Å²) in [7, 11) is 0. The summed E-state index contributed by atoms with van der Waals surface area (Å²) in [6.07, 6.45) is 4.87. The van der Waals surface area contributed by atoms with Crippen LogP contribution in [0.25, 0.3) is 0 Å². The lowest BCUT2D eigenvalue weighted by Crippen LogP contribution is -2.59. The van der Waals surface area contributed by atoms with Crippen molar-refractivity contribution < 1.29 is 4.79 Å². The Kier molecular flexibility index (Phi) is 3.39. The molecule has 0 unspecified atom stereocenters. The third kappa shape index (κ3) is 2.43. The summed E-state index contributed by atoms with van der Waals surface area (Å²) in [6.45, 7) is 6.88. The molecule has 2 heterocycles. The van der Waals surface area contributed by atoms with E-state index in [0.717, 1.165) is 37.4 Å². The minimum atomic E-state index is -0.0835. The Morgan fingerprint density at radius 1 is 1.37 bits per heavy atom. The quantitative estimate of drug-likeness (QED) is 0.856. The van der Waals surface area contributed by atoms with Crippen LogP contribution >= 0.6 is 11.3 Å². The Morgan fingerprint density at radius 2 is 2.16 bits per heavy atom. The van der Waals surface area contributed by atoms with Gasteiger partial charge >= 0.3 is 0 Å². The lowest BCUT2D eigenvalue weighted by molar-refractivity contribution is 0.0482. The Bertz CT molecular complexity index is 469. The summed E-state index contributed by atoms with van der Waals surface area (Å²) in [5, 5.41) is 3.37. The van der Waals surface area contributed by atoms with Gasteiger partial charge in [-0.1, -0.05) is 0 Å². The van der Waals surface area contributed by atoms with Crippen LogP contribution in [0.5, 0.6) is 0 Å². The number of rotatable bonds is 1. The minimum Gasteiger partial charge on any atom is -0.330 e. The van der Waals surface area contributed by atoms with Crippen LogP contribution < -0.4 is 5.32 Å². The zero-order valence-electron chi connectivity index (χ0n) is 11.8. The highest BCUT2D eigenvalue weighted by atomic mass is 32.1. The highest BCUT2D eigenvalue weighted by molar-refractivity contribution is 7.14. The van der Waals surface area contributed by atoms with Gasteiger partial charge in [0.25, 0.3) is 5.91 Å². The molecule has 4 heteroatoms. The second-order valence-corrected chi connectivity index (χ2v) is 7.35. The predicted molar refractivity (Wildman–Crippen MR) is 78.9 cm³/mol. The molecule has 1 saturated heterocycles. The number of thiophene rings is 1. The number of piperazine rings is 1. The van der Waals surface area contributed by atoms with Gasteiger partial charge in [-0.3, -0.25) is 4.79 Å². The van der Waals surface area contributed by atoms with Crippen LogP contribution in [0, 0.1) is 0 Å². The second-order valence-electron chi connectivity index (χ2n) is 6.21. The third-order valence-electron chi connectivity index (χ3n) is 4.25. The fourth-order valence-corrected chi connectivity index (χ4v) is 4.29. The topological polar surface area (TPSA) is 32.3 Å². The summed E-state index contributed by atoms with van der Waals surface area (Å²) in [5.41, 5.74) is 1.34. The zero-order valence-corrected chi connectivity index (χ0v) is 12.6. The molecule has 0 saturated carbocycles. The average Bonchev–Trinajstić information content (AvgIpc) is 2.81. The van der Waals surface area contributed by atoms with Gasteiger partial charge < -0.3 is 10.2 Å². The summed E-state index contributed by atoms with van der Waals surface area (Å²) >= 11 is 1.73. The van der Waals surface area contributed by atoms with E-state index in [-0.39, 0.29) is 11.4 Å². The normalized spacial score (nSPS) is 22.1. The number of nitrogens with one attached hydrogen (secondary N) is 1. The molecule has 1 N–H and O–H groups in total. The fourth-order valence-electron chi connectivity index (χ4n) is 3.09.